The minimum Gasteiger partial charge on any atom is -0.355 e. The molecule has 1 aromatic rings. The molecule has 1 unspecified atom stereocenters. The maximum Gasteiger partial charge on any atom is 0.213 e. The highest BCUT2D eigenvalue weighted by molar-refractivity contribution is 7.89. The number of nitrogens with zero attached hydrogens (tertiary/aromatic N) is 2. The third kappa shape index (κ3) is 6.93. The number of likely N-dealkylation sites (tertiary alicyclic amines) is 1. The van der Waals surface area contributed by atoms with E-state index in [0.717, 1.165) is 25.2 Å². The Labute approximate surface area is 157 Å². The summed E-state index contributed by atoms with van der Waals surface area (Å²) in [6.45, 7) is 5.84. The molecule has 0 saturated carbocycles. The standard InChI is InChI=1S/C18H31N5O2S/c1-3-23-12-7-10-17(23)15-21-18(19-2)20-11-13-26(24,25)22-14-16-8-5-4-6-9-16/h4-6,8-9,17,22H,3,7,10-15H2,1-2H3,(H2,19,20,21). The Balaban J connectivity index is 1.69. The third-order valence-electron chi connectivity index (χ3n) is 4.64. The van der Waals surface area contributed by atoms with Crippen LogP contribution in [0.1, 0.15) is 25.3 Å². The first-order valence-electron chi connectivity index (χ1n) is 9.24. The van der Waals surface area contributed by atoms with Crippen LogP contribution < -0.4 is 15.4 Å². The molecule has 0 aliphatic carbocycles. The van der Waals surface area contributed by atoms with Gasteiger partial charge >= 0.3 is 0 Å². The average Bonchev–Trinajstić information content (AvgIpc) is 3.11. The molecule has 1 aliphatic heterocycles. The predicted molar refractivity (Wildman–Crippen MR) is 107 cm³/mol. The highest BCUT2D eigenvalue weighted by Crippen LogP contribution is 2.15. The molecule has 0 amide bonds. The van der Waals surface area contributed by atoms with Crippen molar-refractivity contribution in [3.05, 3.63) is 35.9 Å². The van der Waals surface area contributed by atoms with Crippen LogP contribution in [-0.2, 0) is 16.6 Å². The molecule has 0 bridgehead atoms. The molecule has 7 nitrogen and oxygen atoms in total. The number of benzene rings is 1. The number of nitrogens with one attached hydrogen (secondary N) is 3. The van der Waals surface area contributed by atoms with Gasteiger partial charge in [-0.25, -0.2) is 13.1 Å². The van der Waals surface area contributed by atoms with Gasteiger partial charge in [0.25, 0.3) is 0 Å². The summed E-state index contributed by atoms with van der Waals surface area (Å²) in [6.07, 6.45) is 2.42. The number of aliphatic imine (C=N–C) groups is 1. The van der Waals surface area contributed by atoms with Gasteiger partial charge in [-0.05, 0) is 31.5 Å². The molecule has 3 N–H and O–H groups in total. The van der Waals surface area contributed by atoms with Crippen molar-refractivity contribution in [3.63, 3.8) is 0 Å². The van der Waals surface area contributed by atoms with Crippen LogP contribution in [-0.4, -0.2) is 64.3 Å². The normalized spacial score (nSPS) is 18.8. The van der Waals surface area contributed by atoms with E-state index in [2.05, 4.69) is 32.2 Å². The van der Waals surface area contributed by atoms with E-state index in [1.807, 2.05) is 30.3 Å². The van der Waals surface area contributed by atoms with Gasteiger partial charge in [0.1, 0.15) is 0 Å². The molecule has 1 atom stereocenters. The summed E-state index contributed by atoms with van der Waals surface area (Å²) in [7, 11) is -1.63. The van der Waals surface area contributed by atoms with E-state index in [1.165, 1.54) is 12.8 Å². The molecule has 146 valence electrons. The van der Waals surface area contributed by atoms with Crippen LogP contribution in [0.4, 0.5) is 0 Å². The Morgan fingerprint density at radius 2 is 2.04 bits per heavy atom. The van der Waals surface area contributed by atoms with Crippen molar-refractivity contribution in [1.29, 1.82) is 0 Å². The van der Waals surface area contributed by atoms with Gasteiger partial charge in [-0.1, -0.05) is 37.3 Å². The lowest BCUT2D eigenvalue weighted by atomic mass is 10.2. The van der Waals surface area contributed by atoms with Gasteiger partial charge < -0.3 is 10.6 Å². The van der Waals surface area contributed by atoms with E-state index < -0.39 is 10.0 Å². The maximum absolute atomic E-state index is 12.1. The summed E-state index contributed by atoms with van der Waals surface area (Å²) in [4.78, 5) is 6.63. The molecule has 1 aliphatic rings. The summed E-state index contributed by atoms with van der Waals surface area (Å²) < 4.78 is 26.8. The molecule has 0 aromatic heterocycles. The highest BCUT2D eigenvalue weighted by atomic mass is 32.2. The molecule has 2 rings (SSSR count). The van der Waals surface area contributed by atoms with Gasteiger partial charge in [0.05, 0.1) is 5.75 Å². The number of rotatable bonds is 9. The molecule has 0 radical (unpaired) electrons. The maximum atomic E-state index is 12.1. The zero-order valence-electron chi connectivity index (χ0n) is 15.7. The molecule has 0 spiro atoms. The smallest absolute Gasteiger partial charge is 0.213 e. The van der Waals surface area contributed by atoms with Gasteiger partial charge in [0.2, 0.25) is 10.0 Å². The second-order valence-corrected chi connectivity index (χ2v) is 8.36. The number of hydrogen-bond acceptors (Lipinski definition) is 4. The topological polar surface area (TPSA) is 85.8 Å². The zero-order valence-corrected chi connectivity index (χ0v) is 16.6. The first-order valence-corrected chi connectivity index (χ1v) is 10.9. The van der Waals surface area contributed by atoms with E-state index in [4.69, 9.17) is 0 Å². The lowest BCUT2D eigenvalue weighted by Gasteiger charge is -2.23. The Kier molecular flexibility index (Phi) is 8.34. The van der Waals surface area contributed by atoms with Crippen LogP contribution in [0.5, 0.6) is 0 Å². The van der Waals surface area contributed by atoms with E-state index in [9.17, 15) is 8.42 Å². The zero-order chi connectivity index (χ0) is 18.8. The summed E-state index contributed by atoms with van der Waals surface area (Å²) in [5, 5.41) is 6.38. The van der Waals surface area contributed by atoms with E-state index in [1.54, 1.807) is 7.05 Å². The number of hydrogen-bond donors (Lipinski definition) is 3. The lowest BCUT2D eigenvalue weighted by molar-refractivity contribution is 0.267. The summed E-state index contributed by atoms with van der Waals surface area (Å²) in [6, 6.07) is 10.0. The molecular weight excluding hydrogens is 350 g/mol. The van der Waals surface area contributed by atoms with Crippen LogP contribution in [0.2, 0.25) is 0 Å². The number of guanidine groups is 1. The highest BCUT2D eigenvalue weighted by Gasteiger charge is 2.22. The summed E-state index contributed by atoms with van der Waals surface area (Å²) in [5.41, 5.74) is 0.943. The monoisotopic (exact) mass is 381 g/mol. The lowest BCUT2D eigenvalue weighted by Crippen LogP contribution is -2.46. The van der Waals surface area contributed by atoms with Crippen molar-refractivity contribution in [1.82, 2.24) is 20.3 Å². The Morgan fingerprint density at radius 1 is 1.27 bits per heavy atom. The molecule has 1 fully saturated rings. The summed E-state index contributed by atoms with van der Waals surface area (Å²) in [5.74, 6) is 0.650. The Hall–Kier alpha value is -1.64. The van der Waals surface area contributed by atoms with Gasteiger partial charge in [-0.2, -0.15) is 0 Å². The van der Waals surface area contributed by atoms with Crippen LogP contribution in [0.15, 0.2) is 35.3 Å². The Bertz CT molecular complexity index is 663. The van der Waals surface area contributed by atoms with Gasteiger partial charge in [0, 0.05) is 32.7 Å². The van der Waals surface area contributed by atoms with Crippen LogP contribution in [0, 0.1) is 0 Å². The van der Waals surface area contributed by atoms with Gasteiger partial charge in [-0.3, -0.25) is 9.89 Å². The molecule has 1 heterocycles. The minimum atomic E-state index is -3.33. The first-order chi connectivity index (χ1) is 12.5. The van der Waals surface area contributed by atoms with Gasteiger partial charge in [-0.15, -0.1) is 0 Å². The fourth-order valence-corrected chi connectivity index (χ4v) is 4.04. The molecule has 1 saturated heterocycles. The van der Waals surface area contributed by atoms with E-state index in [-0.39, 0.29) is 5.75 Å². The van der Waals surface area contributed by atoms with Crippen molar-refractivity contribution in [2.24, 2.45) is 4.99 Å². The van der Waals surface area contributed by atoms with Crippen LogP contribution in [0.3, 0.4) is 0 Å². The van der Waals surface area contributed by atoms with Crippen LogP contribution >= 0.6 is 0 Å². The second kappa shape index (κ2) is 10.5. The van der Waals surface area contributed by atoms with Crippen molar-refractivity contribution >= 4 is 16.0 Å². The van der Waals surface area contributed by atoms with Crippen molar-refractivity contribution in [2.45, 2.75) is 32.4 Å². The molecule has 1 aromatic carbocycles. The number of sulfonamides is 1. The molecular formula is C18H31N5O2S. The fourth-order valence-electron chi connectivity index (χ4n) is 3.14. The fraction of sp³-hybridized carbons (Fsp3) is 0.611. The number of likely N-dealkylation sites (N-methyl/N-ethyl adjacent to an activating group) is 1. The quantitative estimate of drug-likeness (QED) is 0.434. The second-order valence-electron chi connectivity index (χ2n) is 6.43. The Morgan fingerprint density at radius 3 is 2.73 bits per heavy atom. The molecule has 26 heavy (non-hydrogen) atoms. The van der Waals surface area contributed by atoms with E-state index >= 15 is 0 Å². The van der Waals surface area contributed by atoms with Crippen LogP contribution in [0.25, 0.3) is 0 Å². The third-order valence-corrected chi connectivity index (χ3v) is 5.96. The summed E-state index contributed by atoms with van der Waals surface area (Å²) >= 11 is 0. The average molecular weight is 382 g/mol. The SMILES string of the molecule is CCN1CCCC1CNC(=NC)NCCS(=O)(=O)NCc1ccccc1. The largest absolute Gasteiger partial charge is 0.355 e. The predicted octanol–water partition coefficient (Wildman–Crippen LogP) is 0.755. The van der Waals surface area contributed by atoms with E-state index in [0.29, 0.717) is 25.1 Å². The molecule has 8 heteroatoms. The van der Waals surface area contributed by atoms with Crippen molar-refractivity contribution in [3.8, 4) is 0 Å². The minimum absolute atomic E-state index is 0.00501. The van der Waals surface area contributed by atoms with Gasteiger partial charge in [0.15, 0.2) is 5.96 Å². The van der Waals surface area contributed by atoms with Crippen molar-refractivity contribution < 1.29 is 8.42 Å². The first kappa shape index (κ1) is 20.7. The van der Waals surface area contributed by atoms with Crippen molar-refractivity contribution in [2.75, 3.05) is 39.0 Å².